The molecule has 8 rings (SSSR count). The zero-order valence-corrected chi connectivity index (χ0v) is 28.5. The van der Waals surface area contributed by atoms with Crippen LogP contribution in [0.3, 0.4) is 0 Å². The molecule has 1 radical (unpaired) electrons. The van der Waals surface area contributed by atoms with Crippen molar-refractivity contribution in [1.82, 2.24) is 15.0 Å². The van der Waals surface area contributed by atoms with Crippen LogP contribution in [0.1, 0.15) is 11.1 Å². The minimum atomic E-state index is 0. The summed E-state index contributed by atoms with van der Waals surface area (Å²) >= 11 is 0. The summed E-state index contributed by atoms with van der Waals surface area (Å²) in [4.78, 5) is 13.4. The van der Waals surface area contributed by atoms with Crippen molar-refractivity contribution in [2.75, 3.05) is 0 Å². The number of benzene rings is 5. The topological polar surface area (TPSA) is 38.7 Å². The average Bonchev–Trinajstić information content (AvgIpc) is 3.13. The Bertz CT molecular complexity index is 2230. The zero-order valence-electron chi connectivity index (χ0n) is 26.1. The molecule has 0 atom stereocenters. The molecule has 0 N–H and O–H groups in total. The maximum atomic E-state index is 4.67. The molecule has 0 saturated heterocycles. The molecule has 0 amide bonds. The second-order valence-corrected chi connectivity index (χ2v) is 11.3. The molecule has 3 aromatic heterocycles. The molecule has 4 heteroatoms. The Morgan fingerprint density at radius 3 is 1.94 bits per heavy atom. The van der Waals surface area contributed by atoms with E-state index in [1.807, 2.05) is 79.1 Å². The van der Waals surface area contributed by atoms with Gasteiger partial charge in [0.05, 0.1) is 5.52 Å². The second kappa shape index (κ2) is 14.4. The first-order chi connectivity index (χ1) is 22.6. The Balaban J connectivity index is 0.000000250. The quantitative estimate of drug-likeness (QED) is 0.132. The van der Waals surface area contributed by atoms with Crippen LogP contribution in [0.15, 0.2) is 152 Å². The van der Waals surface area contributed by atoms with Crippen molar-refractivity contribution >= 4 is 21.7 Å². The van der Waals surface area contributed by atoms with Crippen LogP contribution >= 0.6 is 0 Å². The smallest absolute Gasteiger partial charge is 0.0714 e. The van der Waals surface area contributed by atoms with Gasteiger partial charge < -0.3 is 9.97 Å². The summed E-state index contributed by atoms with van der Waals surface area (Å²) < 4.78 is 0. The maximum absolute atomic E-state index is 4.67. The van der Waals surface area contributed by atoms with Gasteiger partial charge in [-0.15, -0.1) is 65.2 Å². The van der Waals surface area contributed by atoms with E-state index in [1.165, 1.54) is 49.5 Å². The molecule has 8 aromatic rings. The van der Waals surface area contributed by atoms with Crippen LogP contribution in [0, 0.1) is 26.0 Å². The fourth-order valence-corrected chi connectivity index (χ4v) is 5.80. The van der Waals surface area contributed by atoms with Crippen LogP contribution in [0.5, 0.6) is 0 Å². The molecular formula is C43H31IrN3-2. The summed E-state index contributed by atoms with van der Waals surface area (Å²) in [5.74, 6) is 0. The fourth-order valence-electron chi connectivity index (χ4n) is 5.80. The molecule has 0 spiro atoms. The molecule has 3 nitrogen and oxygen atoms in total. The molecule has 0 bridgehead atoms. The van der Waals surface area contributed by atoms with Gasteiger partial charge in [0.1, 0.15) is 0 Å². The van der Waals surface area contributed by atoms with Crippen LogP contribution in [-0.4, -0.2) is 15.0 Å². The third kappa shape index (κ3) is 6.95. The zero-order chi connectivity index (χ0) is 31.3. The number of rotatable bonds is 4. The van der Waals surface area contributed by atoms with Crippen molar-refractivity contribution in [3.8, 4) is 44.8 Å². The maximum Gasteiger partial charge on any atom is 0.0714 e. The Morgan fingerprint density at radius 1 is 0.489 bits per heavy atom. The SMILES string of the molecule is Cc1ccc2c(c1)c(-c1cccc(-c3cc(-c4ccccn4)[c-]cc3C)c1)cc1ncccc12.[Ir].[c-]1ccccc1-c1ccccn1. The number of aromatic nitrogens is 3. The predicted octanol–water partition coefficient (Wildman–Crippen LogP) is 10.7. The summed E-state index contributed by atoms with van der Waals surface area (Å²) in [6.45, 7) is 4.29. The third-order valence-electron chi connectivity index (χ3n) is 8.11. The Hall–Kier alpha value is -5.28. The van der Waals surface area contributed by atoms with Crippen LogP contribution in [0.4, 0.5) is 0 Å². The van der Waals surface area contributed by atoms with Crippen molar-refractivity contribution in [3.05, 3.63) is 175 Å². The molecule has 0 aliphatic carbocycles. The summed E-state index contributed by atoms with van der Waals surface area (Å²) in [7, 11) is 0. The number of fused-ring (bicyclic) bond motifs is 3. The number of hydrogen-bond acceptors (Lipinski definition) is 3. The van der Waals surface area contributed by atoms with Gasteiger partial charge >= 0.3 is 0 Å². The molecule has 0 unspecified atom stereocenters. The first kappa shape index (κ1) is 31.7. The van der Waals surface area contributed by atoms with Gasteiger partial charge in [-0.05, 0) is 76.1 Å². The summed E-state index contributed by atoms with van der Waals surface area (Å²) in [5.41, 5.74) is 12.2. The van der Waals surface area contributed by atoms with E-state index >= 15 is 0 Å². The molecule has 47 heavy (non-hydrogen) atoms. The molecule has 0 aliphatic heterocycles. The molecule has 3 heterocycles. The van der Waals surface area contributed by atoms with E-state index in [1.54, 1.807) is 6.20 Å². The van der Waals surface area contributed by atoms with Crippen LogP contribution in [0.2, 0.25) is 0 Å². The second-order valence-electron chi connectivity index (χ2n) is 11.3. The summed E-state index contributed by atoms with van der Waals surface area (Å²) in [5, 5.41) is 3.68. The van der Waals surface area contributed by atoms with Crippen LogP contribution < -0.4 is 0 Å². The van der Waals surface area contributed by atoms with Gasteiger partial charge in [-0.1, -0.05) is 84.8 Å². The fraction of sp³-hybridized carbons (Fsp3) is 0.0465. The van der Waals surface area contributed by atoms with Crippen molar-refractivity contribution in [2.24, 2.45) is 0 Å². The largest absolute Gasteiger partial charge is 0.305 e. The molecule has 0 aliphatic rings. The van der Waals surface area contributed by atoms with Gasteiger partial charge in [0, 0.05) is 44.1 Å². The Kier molecular flexibility index (Phi) is 9.73. The third-order valence-corrected chi connectivity index (χ3v) is 8.11. The summed E-state index contributed by atoms with van der Waals surface area (Å²) in [6, 6.07) is 52.3. The van der Waals surface area contributed by atoms with Gasteiger partial charge in [-0.2, -0.15) is 0 Å². The van der Waals surface area contributed by atoms with E-state index in [4.69, 9.17) is 0 Å². The van der Waals surface area contributed by atoms with E-state index in [2.05, 4.69) is 108 Å². The van der Waals surface area contributed by atoms with Crippen molar-refractivity contribution in [2.45, 2.75) is 13.8 Å². The Morgan fingerprint density at radius 2 is 1.21 bits per heavy atom. The summed E-state index contributed by atoms with van der Waals surface area (Å²) in [6.07, 6.45) is 5.48. The van der Waals surface area contributed by atoms with Crippen LogP contribution in [0.25, 0.3) is 66.4 Å². The van der Waals surface area contributed by atoms with Gasteiger partial charge in [0.25, 0.3) is 0 Å². The first-order valence-corrected chi connectivity index (χ1v) is 15.3. The molecule has 0 fully saturated rings. The minimum absolute atomic E-state index is 0. The van der Waals surface area contributed by atoms with Crippen LogP contribution in [-0.2, 0) is 20.1 Å². The number of nitrogens with zero attached hydrogens (tertiary/aromatic N) is 3. The Labute approximate surface area is 289 Å². The standard InChI is InChI=1S/C32H23N2.C11H8N.Ir/c1-21-11-14-26-27-9-6-16-34-32(27)20-29(30(26)17-21)24-8-5-7-23(18-24)28-19-25(13-12-22(28)2)31-10-3-4-15-33-31;1-2-6-10(7-3-1)11-8-4-5-9-12-11;/h3-12,14-20H,1-2H3;1-6,8-9H;/q2*-1;. The monoisotopic (exact) mass is 782 g/mol. The molecular weight excluding hydrogens is 751 g/mol. The van der Waals surface area contributed by atoms with E-state index in [9.17, 15) is 0 Å². The van der Waals surface area contributed by atoms with E-state index in [-0.39, 0.29) is 20.1 Å². The number of pyridine rings is 3. The normalized spacial score (nSPS) is 10.6. The van der Waals surface area contributed by atoms with E-state index in [0.717, 1.165) is 28.0 Å². The van der Waals surface area contributed by atoms with E-state index < -0.39 is 0 Å². The molecule has 229 valence electrons. The van der Waals surface area contributed by atoms with Crippen molar-refractivity contribution in [1.29, 1.82) is 0 Å². The van der Waals surface area contributed by atoms with Gasteiger partial charge in [-0.25, -0.2) is 0 Å². The van der Waals surface area contributed by atoms with E-state index in [0.29, 0.717) is 0 Å². The number of aryl methyl sites for hydroxylation is 2. The molecule has 0 saturated carbocycles. The molecule has 5 aromatic carbocycles. The van der Waals surface area contributed by atoms with Crippen molar-refractivity contribution < 1.29 is 20.1 Å². The van der Waals surface area contributed by atoms with Crippen molar-refractivity contribution in [3.63, 3.8) is 0 Å². The van der Waals surface area contributed by atoms with Gasteiger partial charge in [0.15, 0.2) is 0 Å². The minimum Gasteiger partial charge on any atom is -0.305 e. The first-order valence-electron chi connectivity index (χ1n) is 15.3. The van der Waals surface area contributed by atoms with Gasteiger partial charge in [0.2, 0.25) is 0 Å². The predicted molar refractivity (Wildman–Crippen MR) is 190 cm³/mol. The van der Waals surface area contributed by atoms with Gasteiger partial charge in [-0.3, -0.25) is 4.98 Å². The average molecular weight is 782 g/mol. The number of hydrogen-bond donors (Lipinski definition) is 0.